The molecule has 0 N–H and O–H groups in total. The van der Waals surface area contributed by atoms with E-state index in [2.05, 4.69) is 28.7 Å². The number of rotatable bonds is 4. The van der Waals surface area contributed by atoms with Crippen LogP contribution in [0.4, 0.5) is 11.5 Å². The minimum absolute atomic E-state index is 0.0370. The van der Waals surface area contributed by atoms with E-state index in [1.807, 2.05) is 4.90 Å². The van der Waals surface area contributed by atoms with E-state index in [-0.39, 0.29) is 11.0 Å². The summed E-state index contributed by atoms with van der Waals surface area (Å²) in [6, 6.07) is 0.529. The van der Waals surface area contributed by atoms with Crippen molar-refractivity contribution in [1.29, 1.82) is 0 Å². The van der Waals surface area contributed by atoms with E-state index >= 15 is 0 Å². The summed E-state index contributed by atoms with van der Waals surface area (Å²) in [4.78, 5) is 22.6. The first-order chi connectivity index (χ1) is 9.52. The van der Waals surface area contributed by atoms with Gasteiger partial charge < -0.3 is 4.90 Å². The maximum atomic E-state index is 11.0. The number of hydrogen-bond donors (Lipinski definition) is 0. The molecule has 0 spiro atoms. The van der Waals surface area contributed by atoms with E-state index in [0.29, 0.717) is 24.9 Å². The predicted octanol–water partition coefficient (Wildman–Crippen LogP) is 1.96. The molecular formula is C12H18ClN5O2. The average Bonchev–Trinajstić information content (AvgIpc) is 2.46. The van der Waals surface area contributed by atoms with E-state index in [1.165, 1.54) is 6.20 Å². The summed E-state index contributed by atoms with van der Waals surface area (Å²) < 4.78 is 0. The third kappa shape index (κ3) is 3.16. The number of halogens is 1. The zero-order valence-electron chi connectivity index (χ0n) is 11.6. The second-order valence-electron chi connectivity index (χ2n) is 4.89. The van der Waals surface area contributed by atoms with Crippen LogP contribution >= 0.6 is 11.6 Å². The third-order valence-electron chi connectivity index (χ3n) is 3.75. The van der Waals surface area contributed by atoms with Gasteiger partial charge in [0.05, 0.1) is 4.92 Å². The molecule has 1 atom stereocenters. The molecule has 0 saturated carbocycles. The first-order valence-corrected chi connectivity index (χ1v) is 7.06. The summed E-state index contributed by atoms with van der Waals surface area (Å²) >= 11 is 5.76. The Balaban J connectivity index is 2.14. The van der Waals surface area contributed by atoms with Crippen LogP contribution in [0.1, 0.15) is 20.3 Å². The molecule has 1 aliphatic rings. The monoisotopic (exact) mass is 299 g/mol. The fourth-order valence-corrected chi connectivity index (χ4v) is 2.47. The molecule has 1 fully saturated rings. The lowest BCUT2D eigenvalue weighted by Gasteiger charge is -2.38. The van der Waals surface area contributed by atoms with Crippen molar-refractivity contribution in [2.75, 3.05) is 31.1 Å². The van der Waals surface area contributed by atoms with Gasteiger partial charge in [0, 0.05) is 32.2 Å². The SMILES string of the molecule is CCC(C)N1CCN(c2nc(Cl)ncc2[N+](=O)[O-])CC1. The second kappa shape index (κ2) is 6.32. The highest BCUT2D eigenvalue weighted by Crippen LogP contribution is 2.27. The van der Waals surface area contributed by atoms with Crippen molar-refractivity contribution in [2.24, 2.45) is 0 Å². The number of anilines is 1. The molecule has 2 rings (SSSR count). The first kappa shape index (κ1) is 14.9. The van der Waals surface area contributed by atoms with Crippen LogP contribution in [0.3, 0.4) is 0 Å². The molecule has 7 nitrogen and oxygen atoms in total. The van der Waals surface area contributed by atoms with Gasteiger partial charge in [-0.15, -0.1) is 0 Å². The molecule has 0 aliphatic carbocycles. The van der Waals surface area contributed by atoms with Crippen LogP contribution < -0.4 is 4.90 Å². The molecule has 0 radical (unpaired) electrons. The Kier molecular flexibility index (Phi) is 4.72. The van der Waals surface area contributed by atoms with Crippen molar-refractivity contribution in [3.05, 3.63) is 21.6 Å². The van der Waals surface area contributed by atoms with Crippen molar-refractivity contribution in [3.8, 4) is 0 Å². The minimum atomic E-state index is -0.466. The predicted molar refractivity (Wildman–Crippen MR) is 77.2 cm³/mol. The van der Waals surface area contributed by atoms with E-state index in [4.69, 9.17) is 11.6 Å². The Morgan fingerprint density at radius 3 is 2.65 bits per heavy atom. The van der Waals surface area contributed by atoms with Crippen LogP contribution in [-0.2, 0) is 0 Å². The van der Waals surface area contributed by atoms with Gasteiger partial charge in [-0.25, -0.2) is 4.98 Å². The van der Waals surface area contributed by atoms with E-state index in [0.717, 1.165) is 19.5 Å². The molecule has 1 aliphatic heterocycles. The van der Waals surface area contributed by atoms with E-state index in [1.54, 1.807) is 0 Å². The Hall–Kier alpha value is -1.47. The summed E-state index contributed by atoms with van der Waals surface area (Å²) in [6.45, 7) is 7.50. The van der Waals surface area contributed by atoms with Crippen molar-refractivity contribution in [3.63, 3.8) is 0 Å². The number of aromatic nitrogens is 2. The molecular weight excluding hydrogens is 282 g/mol. The summed E-state index contributed by atoms with van der Waals surface area (Å²) in [5, 5.41) is 11.1. The first-order valence-electron chi connectivity index (χ1n) is 6.68. The number of nitro groups is 1. The van der Waals surface area contributed by atoms with Crippen LogP contribution in [-0.4, -0.2) is 52.0 Å². The van der Waals surface area contributed by atoms with Gasteiger partial charge in [0.15, 0.2) is 0 Å². The Labute approximate surface area is 122 Å². The topological polar surface area (TPSA) is 75.4 Å². The Morgan fingerprint density at radius 2 is 2.10 bits per heavy atom. The summed E-state index contributed by atoms with van der Waals surface area (Å²) in [6.07, 6.45) is 2.27. The maximum Gasteiger partial charge on any atom is 0.329 e. The van der Waals surface area contributed by atoms with Crippen LogP contribution in [0, 0.1) is 10.1 Å². The largest absolute Gasteiger partial charge is 0.348 e. The molecule has 0 amide bonds. The molecule has 8 heteroatoms. The average molecular weight is 300 g/mol. The smallest absolute Gasteiger partial charge is 0.329 e. The normalized spacial score (nSPS) is 18.1. The number of hydrogen-bond acceptors (Lipinski definition) is 6. The highest BCUT2D eigenvalue weighted by Gasteiger charge is 2.27. The molecule has 1 saturated heterocycles. The van der Waals surface area contributed by atoms with Gasteiger partial charge in [0.1, 0.15) is 6.20 Å². The Bertz CT molecular complexity index is 491. The van der Waals surface area contributed by atoms with Crippen molar-refractivity contribution >= 4 is 23.1 Å². The summed E-state index contributed by atoms with van der Waals surface area (Å²) in [5.74, 6) is 0.318. The molecule has 20 heavy (non-hydrogen) atoms. The van der Waals surface area contributed by atoms with Gasteiger partial charge in [-0.1, -0.05) is 6.92 Å². The minimum Gasteiger partial charge on any atom is -0.348 e. The standard InChI is InChI=1S/C12H18ClN5O2/c1-3-9(2)16-4-6-17(7-5-16)11-10(18(19)20)8-14-12(13)15-11/h8-9H,3-7H2,1-2H3. The van der Waals surface area contributed by atoms with Crippen LogP contribution in [0.25, 0.3) is 0 Å². The molecule has 0 bridgehead atoms. The van der Waals surface area contributed by atoms with Gasteiger partial charge in [-0.2, -0.15) is 4.98 Å². The molecule has 1 aromatic heterocycles. The van der Waals surface area contributed by atoms with E-state index < -0.39 is 4.92 Å². The van der Waals surface area contributed by atoms with Crippen molar-refractivity contribution < 1.29 is 4.92 Å². The molecule has 1 aromatic rings. The molecule has 0 aromatic carbocycles. The van der Waals surface area contributed by atoms with Gasteiger partial charge in [0.2, 0.25) is 11.1 Å². The highest BCUT2D eigenvalue weighted by molar-refractivity contribution is 6.28. The molecule has 1 unspecified atom stereocenters. The number of nitrogens with zero attached hydrogens (tertiary/aromatic N) is 5. The maximum absolute atomic E-state index is 11.0. The summed E-state index contributed by atoms with van der Waals surface area (Å²) in [7, 11) is 0. The lowest BCUT2D eigenvalue weighted by molar-refractivity contribution is -0.384. The molecule has 2 heterocycles. The second-order valence-corrected chi connectivity index (χ2v) is 5.22. The highest BCUT2D eigenvalue weighted by atomic mass is 35.5. The lowest BCUT2D eigenvalue weighted by Crippen LogP contribution is -2.49. The van der Waals surface area contributed by atoms with Gasteiger partial charge >= 0.3 is 5.69 Å². The van der Waals surface area contributed by atoms with Crippen molar-refractivity contribution in [1.82, 2.24) is 14.9 Å². The fraction of sp³-hybridized carbons (Fsp3) is 0.667. The quantitative estimate of drug-likeness (QED) is 0.480. The van der Waals surface area contributed by atoms with Gasteiger partial charge in [0.25, 0.3) is 0 Å². The van der Waals surface area contributed by atoms with Crippen LogP contribution in [0.5, 0.6) is 0 Å². The zero-order valence-corrected chi connectivity index (χ0v) is 12.4. The van der Waals surface area contributed by atoms with Gasteiger partial charge in [-0.05, 0) is 24.9 Å². The Morgan fingerprint density at radius 1 is 1.45 bits per heavy atom. The lowest BCUT2D eigenvalue weighted by atomic mass is 10.2. The summed E-state index contributed by atoms with van der Waals surface area (Å²) in [5.41, 5.74) is -0.0913. The van der Waals surface area contributed by atoms with Crippen LogP contribution in [0.15, 0.2) is 6.20 Å². The van der Waals surface area contributed by atoms with Crippen LogP contribution in [0.2, 0.25) is 5.28 Å². The van der Waals surface area contributed by atoms with Crippen molar-refractivity contribution in [2.45, 2.75) is 26.3 Å². The van der Waals surface area contributed by atoms with Gasteiger partial charge in [-0.3, -0.25) is 15.0 Å². The fourth-order valence-electron chi connectivity index (χ4n) is 2.34. The zero-order chi connectivity index (χ0) is 14.7. The third-order valence-corrected chi connectivity index (χ3v) is 3.93. The molecule has 110 valence electrons. The number of piperazine rings is 1. The van der Waals surface area contributed by atoms with E-state index in [9.17, 15) is 10.1 Å².